The summed E-state index contributed by atoms with van der Waals surface area (Å²) < 4.78 is 1.86. The summed E-state index contributed by atoms with van der Waals surface area (Å²) >= 11 is 0. The van der Waals surface area contributed by atoms with Gasteiger partial charge in [0.15, 0.2) is 5.69 Å². The summed E-state index contributed by atoms with van der Waals surface area (Å²) in [4.78, 5) is 32.9. The third-order valence-corrected chi connectivity index (χ3v) is 4.94. The summed E-state index contributed by atoms with van der Waals surface area (Å²) in [5.41, 5.74) is 7.58. The number of anilines is 1. The molecule has 2 aliphatic heterocycles. The Hall–Kier alpha value is -2.90. The van der Waals surface area contributed by atoms with Crippen LogP contribution in [-0.2, 0) is 13.1 Å². The molecule has 8 heteroatoms. The van der Waals surface area contributed by atoms with E-state index in [9.17, 15) is 9.59 Å². The molecule has 0 bridgehead atoms. The van der Waals surface area contributed by atoms with Gasteiger partial charge in [-0.2, -0.15) is 5.10 Å². The molecule has 0 aliphatic carbocycles. The van der Waals surface area contributed by atoms with Gasteiger partial charge in [0, 0.05) is 37.9 Å². The fourth-order valence-corrected chi connectivity index (χ4v) is 3.59. The first-order valence-corrected chi connectivity index (χ1v) is 8.98. The highest BCUT2D eigenvalue weighted by atomic mass is 16.2. The molecular weight excluding hydrogens is 332 g/mol. The second-order valence-corrected chi connectivity index (χ2v) is 6.79. The Morgan fingerprint density at radius 1 is 0.962 bits per heavy atom. The Kier molecular flexibility index (Phi) is 4.32. The van der Waals surface area contributed by atoms with Crippen molar-refractivity contribution in [3.63, 3.8) is 0 Å². The summed E-state index contributed by atoms with van der Waals surface area (Å²) in [6, 6.07) is 5.09. The lowest BCUT2D eigenvalue weighted by molar-refractivity contribution is 0.0745. The molecule has 2 aliphatic rings. The molecule has 0 aromatic carbocycles. The second-order valence-electron chi connectivity index (χ2n) is 6.79. The second kappa shape index (κ2) is 6.78. The first kappa shape index (κ1) is 16.6. The molecule has 0 spiro atoms. The predicted octanol–water partition coefficient (Wildman–Crippen LogP) is 1.14. The van der Waals surface area contributed by atoms with Crippen molar-refractivity contribution in [2.45, 2.75) is 32.4 Å². The van der Waals surface area contributed by atoms with Crippen molar-refractivity contribution >= 4 is 17.6 Å². The van der Waals surface area contributed by atoms with Crippen LogP contribution < -0.4 is 5.73 Å². The molecule has 26 heavy (non-hydrogen) atoms. The molecule has 0 saturated carbocycles. The van der Waals surface area contributed by atoms with Crippen LogP contribution in [0.25, 0.3) is 0 Å². The van der Waals surface area contributed by atoms with Crippen molar-refractivity contribution in [1.82, 2.24) is 24.6 Å². The number of fused-ring (bicyclic) bond motifs is 1. The zero-order chi connectivity index (χ0) is 18.1. The molecule has 0 radical (unpaired) electrons. The molecule has 2 aromatic heterocycles. The Balaban J connectivity index is 1.54. The number of pyridine rings is 1. The van der Waals surface area contributed by atoms with Gasteiger partial charge in [-0.1, -0.05) is 0 Å². The van der Waals surface area contributed by atoms with E-state index in [1.54, 1.807) is 17.0 Å². The van der Waals surface area contributed by atoms with Crippen LogP contribution in [0.15, 0.2) is 24.4 Å². The summed E-state index contributed by atoms with van der Waals surface area (Å²) in [6.45, 7) is 3.37. The largest absolute Gasteiger partial charge is 0.384 e. The van der Waals surface area contributed by atoms with Crippen molar-refractivity contribution in [3.8, 4) is 0 Å². The first-order chi connectivity index (χ1) is 12.6. The van der Waals surface area contributed by atoms with Crippen molar-refractivity contribution < 1.29 is 9.59 Å². The molecule has 2 amide bonds. The molecule has 1 saturated heterocycles. The van der Waals surface area contributed by atoms with E-state index in [2.05, 4.69) is 10.1 Å². The van der Waals surface area contributed by atoms with Crippen LogP contribution in [0.5, 0.6) is 0 Å². The van der Waals surface area contributed by atoms with Crippen molar-refractivity contribution in [2.75, 3.05) is 25.4 Å². The molecule has 2 N–H and O–H groups in total. The van der Waals surface area contributed by atoms with Gasteiger partial charge in [0.1, 0.15) is 5.82 Å². The smallest absolute Gasteiger partial charge is 0.274 e. The van der Waals surface area contributed by atoms with Gasteiger partial charge in [-0.3, -0.25) is 14.3 Å². The maximum absolute atomic E-state index is 12.8. The molecule has 8 nitrogen and oxygen atoms in total. The number of likely N-dealkylation sites (tertiary alicyclic amines) is 1. The van der Waals surface area contributed by atoms with E-state index in [1.807, 2.05) is 15.6 Å². The van der Waals surface area contributed by atoms with Crippen LogP contribution in [0.4, 0.5) is 5.82 Å². The molecule has 2 aromatic rings. The fraction of sp³-hybridized carbons (Fsp3) is 0.444. The van der Waals surface area contributed by atoms with Crippen molar-refractivity contribution in [3.05, 3.63) is 41.3 Å². The van der Waals surface area contributed by atoms with E-state index in [0.29, 0.717) is 36.7 Å². The molecule has 1 fully saturated rings. The number of amides is 2. The Morgan fingerprint density at radius 2 is 1.73 bits per heavy atom. The van der Waals surface area contributed by atoms with E-state index in [0.717, 1.165) is 38.0 Å². The third-order valence-electron chi connectivity index (χ3n) is 4.94. The predicted molar refractivity (Wildman–Crippen MR) is 95.4 cm³/mol. The number of carbonyl (C=O) groups is 2. The monoisotopic (exact) mass is 354 g/mol. The van der Waals surface area contributed by atoms with Gasteiger partial charge in [-0.25, -0.2) is 4.98 Å². The van der Waals surface area contributed by atoms with Gasteiger partial charge in [-0.15, -0.1) is 0 Å². The average Bonchev–Trinajstić information content (AvgIpc) is 3.27. The summed E-state index contributed by atoms with van der Waals surface area (Å²) in [5, 5.41) is 4.49. The highest BCUT2D eigenvalue weighted by Gasteiger charge is 2.26. The molecule has 4 heterocycles. The number of aryl methyl sites for hydroxylation is 1. The van der Waals surface area contributed by atoms with Crippen LogP contribution in [0.2, 0.25) is 0 Å². The quantitative estimate of drug-likeness (QED) is 0.872. The molecule has 0 atom stereocenters. The first-order valence-electron chi connectivity index (χ1n) is 8.98. The van der Waals surface area contributed by atoms with Gasteiger partial charge in [-0.05, 0) is 37.5 Å². The average molecular weight is 354 g/mol. The maximum atomic E-state index is 12.8. The lowest BCUT2D eigenvalue weighted by Crippen LogP contribution is -2.31. The van der Waals surface area contributed by atoms with Crippen LogP contribution in [-0.4, -0.2) is 56.0 Å². The van der Waals surface area contributed by atoms with Crippen LogP contribution in [0, 0.1) is 0 Å². The SMILES string of the molecule is Nc1cc(C(=O)N2CCCn3nc(C(=O)N4CCCC4)cc3C2)ccn1. The van der Waals surface area contributed by atoms with E-state index >= 15 is 0 Å². The zero-order valence-electron chi connectivity index (χ0n) is 14.6. The highest BCUT2D eigenvalue weighted by Crippen LogP contribution is 2.19. The topological polar surface area (TPSA) is 97.3 Å². The third kappa shape index (κ3) is 3.14. The Bertz CT molecular complexity index is 840. The highest BCUT2D eigenvalue weighted by molar-refractivity contribution is 5.95. The maximum Gasteiger partial charge on any atom is 0.274 e. The minimum atomic E-state index is -0.0823. The van der Waals surface area contributed by atoms with Crippen molar-refractivity contribution in [1.29, 1.82) is 0 Å². The van der Waals surface area contributed by atoms with E-state index in [1.165, 1.54) is 6.20 Å². The fourth-order valence-electron chi connectivity index (χ4n) is 3.59. The van der Waals surface area contributed by atoms with E-state index in [-0.39, 0.29) is 11.8 Å². The van der Waals surface area contributed by atoms with E-state index in [4.69, 9.17) is 5.73 Å². The summed E-state index contributed by atoms with van der Waals surface area (Å²) in [7, 11) is 0. The summed E-state index contributed by atoms with van der Waals surface area (Å²) in [5.74, 6) is 0.234. The Labute approximate surface area is 151 Å². The number of nitrogen functional groups attached to an aromatic ring is 1. The minimum Gasteiger partial charge on any atom is -0.384 e. The normalized spacial score (nSPS) is 17.1. The number of hydrogen-bond acceptors (Lipinski definition) is 5. The minimum absolute atomic E-state index is 0.0112. The number of hydrogen-bond donors (Lipinski definition) is 1. The van der Waals surface area contributed by atoms with Gasteiger partial charge in [0.25, 0.3) is 11.8 Å². The lowest BCUT2D eigenvalue weighted by atomic mass is 10.2. The standard InChI is InChI=1S/C18H22N6O2/c19-16-10-13(4-5-20-16)17(25)23-8-3-9-24-14(12-23)11-15(21-24)18(26)22-6-1-2-7-22/h4-5,10-11H,1-3,6-9,12H2,(H2,19,20). The Morgan fingerprint density at radius 3 is 2.50 bits per heavy atom. The van der Waals surface area contributed by atoms with Crippen LogP contribution in [0.1, 0.15) is 45.8 Å². The summed E-state index contributed by atoms with van der Waals surface area (Å²) in [6.07, 6.45) is 4.43. The van der Waals surface area contributed by atoms with Gasteiger partial charge < -0.3 is 15.5 Å². The van der Waals surface area contributed by atoms with Gasteiger partial charge in [0.2, 0.25) is 0 Å². The molecule has 0 unspecified atom stereocenters. The lowest BCUT2D eigenvalue weighted by Gasteiger charge is -2.20. The van der Waals surface area contributed by atoms with Crippen LogP contribution in [0.3, 0.4) is 0 Å². The molecular formula is C18H22N6O2. The molecule has 4 rings (SSSR count). The van der Waals surface area contributed by atoms with Crippen molar-refractivity contribution in [2.24, 2.45) is 0 Å². The number of nitrogens with zero attached hydrogens (tertiary/aromatic N) is 5. The zero-order valence-corrected chi connectivity index (χ0v) is 14.6. The number of carbonyl (C=O) groups excluding carboxylic acids is 2. The van der Waals surface area contributed by atoms with Crippen LogP contribution >= 0.6 is 0 Å². The number of rotatable bonds is 2. The molecule has 136 valence electrons. The number of nitrogens with two attached hydrogens (primary N) is 1. The van der Waals surface area contributed by atoms with Gasteiger partial charge >= 0.3 is 0 Å². The van der Waals surface area contributed by atoms with Gasteiger partial charge in [0.05, 0.1) is 12.2 Å². The van der Waals surface area contributed by atoms with E-state index < -0.39 is 0 Å². The number of aromatic nitrogens is 3.